The molecule has 0 saturated heterocycles. The van der Waals surface area contributed by atoms with Crippen molar-refractivity contribution in [1.29, 1.82) is 0 Å². The van der Waals surface area contributed by atoms with Crippen molar-refractivity contribution in [2.75, 3.05) is 0 Å². The number of hydrogen-bond acceptors (Lipinski definition) is 2. The van der Waals surface area contributed by atoms with Crippen LogP contribution in [0.1, 0.15) is 31.2 Å². The molecule has 1 amide bonds. The molecule has 1 aromatic carbocycles. The van der Waals surface area contributed by atoms with E-state index in [4.69, 9.17) is 5.73 Å². The molecule has 2 rings (SSSR count). The molecular weight excluding hydrogens is 299 g/mol. The third-order valence-corrected chi connectivity index (χ3v) is 4.12. The first-order valence-electron chi connectivity index (χ1n) is 5.98. The van der Waals surface area contributed by atoms with Gasteiger partial charge in [0.15, 0.2) is 0 Å². The van der Waals surface area contributed by atoms with Crippen molar-refractivity contribution in [3.8, 4) is 0 Å². The molecule has 3 nitrogen and oxygen atoms in total. The summed E-state index contributed by atoms with van der Waals surface area (Å²) in [5, 5.41) is 2.78. The lowest BCUT2D eigenvalue weighted by Gasteiger charge is -2.37. The normalized spacial score (nSPS) is 17.1. The van der Waals surface area contributed by atoms with Crippen LogP contribution in [-0.4, -0.2) is 11.4 Å². The molecule has 0 aromatic heterocycles. The van der Waals surface area contributed by atoms with Crippen molar-refractivity contribution in [1.82, 2.24) is 5.32 Å². The van der Waals surface area contributed by atoms with E-state index in [1.54, 1.807) is 6.07 Å². The van der Waals surface area contributed by atoms with E-state index >= 15 is 0 Å². The summed E-state index contributed by atoms with van der Waals surface area (Å²) in [5.74, 6) is -0.384. The second kappa shape index (κ2) is 5.36. The average molecular weight is 315 g/mol. The fraction of sp³-hybridized carbons (Fsp3) is 0.462. The summed E-state index contributed by atoms with van der Waals surface area (Å²) in [7, 11) is 0. The van der Waals surface area contributed by atoms with Gasteiger partial charge in [0.25, 0.3) is 0 Å². The Morgan fingerprint density at radius 1 is 1.50 bits per heavy atom. The smallest absolute Gasteiger partial charge is 0.222 e. The largest absolute Gasteiger partial charge is 0.352 e. The van der Waals surface area contributed by atoms with E-state index in [1.165, 1.54) is 12.1 Å². The highest BCUT2D eigenvalue weighted by molar-refractivity contribution is 9.10. The number of nitrogens with two attached hydrogens (primary N) is 1. The number of carbonyl (C=O) groups is 1. The van der Waals surface area contributed by atoms with Gasteiger partial charge in [-0.3, -0.25) is 4.79 Å². The molecule has 0 atom stereocenters. The zero-order valence-electron chi connectivity index (χ0n) is 10.0. The van der Waals surface area contributed by atoms with Gasteiger partial charge in [-0.1, -0.05) is 15.9 Å². The van der Waals surface area contributed by atoms with E-state index in [0.717, 1.165) is 29.3 Å². The molecule has 0 bridgehead atoms. The van der Waals surface area contributed by atoms with Gasteiger partial charge in [-0.05, 0) is 43.0 Å². The summed E-state index contributed by atoms with van der Waals surface area (Å²) in [6.07, 6.45) is 3.26. The van der Waals surface area contributed by atoms with Crippen LogP contribution < -0.4 is 11.1 Å². The molecule has 98 valence electrons. The second-order valence-electron chi connectivity index (χ2n) is 4.91. The topological polar surface area (TPSA) is 55.1 Å². The van der Waals surface area contributed by atoms with Gasteiger partial charge < -0.3 is 11.1 Å². The molecule has 3 N–H and O–H groups in total. The maximum Gasteiger partial charge on any atom is 0.222 e. The van der Waals surface area contributed by atoms with Crippen LogP contribution in [0.5, 0.6) is 0 Å². The Kier molecular flexibility index (Phi) is 4.02. The van der Waals surface area contributed by atoms with Crippen molar-refractivity contribution in [2.45, 2.75) is 37.8 Å². The molecule has 0 aliphatic heterocycles. The molecule has 18 heavy (non-hydrogen) atoms. The van der Waals surface area contributed by atoms with E-state index in [1.807, 2.05) is 0 Å². The Morgan fingerprint density at radius 3 is 2.83 bits per heavy atom. The Balaban J connectivity index is 1.87. The van der Waals surface area contributed by atoms with E-state index in [-0.39, 0.29) is 17.3 Å². The second-order valence-corrected chi connectivity index (χ2v) is 5.76. The molecule has 0 unspecified atom stereocenters. The van der Waals surface area contributed by atoms with Crippen LogP contribution in [0.4, 0.5) is 4.39 Å². The number of carbonyl (C=O) groups excluding carboxylic acids is 1. The lowest BCUT2D eigenvalue weighted by molar-refractivity contribution is -0.123. The van der Waals surface area contributed by atoms with Crippen molar-refractivity contribution in [3.05, 3.63) is 34.1 Å². The monoisotopic (exact) mass is 314 g/mol. The van der Waals surface area contributed by atoms with Gasteiger partial charge in [0.05, 0.1) is 0 Å². The molecule has 1 aliphatic rings. The fourth-order valence-corrected chi connectivity index (χ4v) is 2.45. The van der Waals surface area contributed by atoms with Gasteiger partial charge in [-0.25, -0.2) is 4.39 Å². The van der Waals surface area contributed by atoms with E-state index in [0.29, 0.717) is 13.0 Å². The summed E-state index contributed by atoms with van der Waals surface area (Å²) in [4.78, 5) is 11.7. The Morgan fingerprint density at radius 2 is 2.22 bits per heavy atom. The predicted molar refractivity (Wildman–Crippen MR) is 71.3 cm³/mol. The summed E-state index contributed by atoms with van der Waals surface area (Å²) < 4.78 is 13.8. The SMILES string of the molecule is NC1(CC(=O)NCc2cc(F)ccc2Br)CCC1. The standard InChI is InChI=1S/C13H16BrFN2O/c14-11-3-2-10(15)6-9(11)8-17-12(18)7-13(16)4-1-5-13/h2-3,6H,1,4-5,7-8,16H2,(H,17,18). The van der Waals surface area contributed by atoms with Crippen LogP contribution in [0.2, 0.25) is 0 Å². The van der Waals surface area contributed by atoms with Crippen LogP contribution in [-0.2, 0) is 11.3 Å². The molecule has 1 aromatic rings. The van der Waals surface area contributed by atoms with Gasteiger partial charge in [0, 0.05) is 23.0 Å². The third-order valence-electron chi connectivity index (χ3n) is 3.35. The minimum Gasteiger partial charge on any atom is -0.352 e. The van der Waals surface area contributed by atoms with E-state index < -0.39 is 0 Å². The average Bonchev–Trinajstić information content (AvgIpc) is 2.28. The van der Waals surface area contributed by atoms with Gasteiger partial charge in [0.1, 0.15) is 5.82 Å². The number of amides is 1. The quantitative estimate of drug-likeness (QED) is 0.897. The lowest BCUT2D eigenvalue weighted by Crippen LogP contribution is -2.49. The van der Waals surface area contributed by atoms with Crippen molar-refractivity contribution in [3.63, 3.8) is 0 Å². The number of halogens is 2. The number of hydrogen-bond donors (Lipinski definition) is 2. The zero-order chi connectivity index (χ0) is 13.2. The Bertz CT molecular complexity index is 460. The third kappa shape index (κ3) is 3.29. The maximum absolute atomic E-state index is 13.1. The van der Waals surface area contributed by atoms with Gasteiger partial charge >= 0.3 is 0 Å². The maximum atomic E-state index is 13.1. The van der Waals surface area contributed by atoms with Gasteiger partial charge in [0.2, 0.25) is 5.91 Å². The minimum atomic E-state index is -0.316. The summed E-state index contributed by atoms with van der Waals surface area (Å²) in [5.41, 5.74) is 6.41. The molecular formula is C13H16BrFN2O. The van der Waals surface area contributed by atoms with Gasteiger partial charge in [-0.2, -0.15) is 0 Å². The highest BCUT2D eigenvalue weighted by Crippen LogP contribution is 2.31. The molecule has 1 fully saturated rings. The highest BCUT2D eigenvalue weighted by atomic mass is 79.9. The van der Waals surface area contributed by atoms with Crippen LogP contribution in [0.15, 0.2) is 22.7 Å². The molecule has 1 aliphatic carbocycles. The molecule has 5 heteroatoms. The summed E-state index contributed by atoms with van der Waals surface area (Å²) in [6, 6.07) is 4.41. The van der Waals surface area contributed by atoms with Gasteiger partial charge in [-0.15, -0.1) is 0 Å². The molecule has 0 heterocycles. The van der Waals surface area contributed by atoms with Crippen LogP contribution >= 0.6 is 15.9 Å². The molecule has 0 radical (unpaired) electrons. The number of rotatable bonds is 4. The number of benzene rings is 1. The zero-order valence-corrected chi connectivity index (χ0v) is 11.6. The van der Waals surface area contributed by atoms with Crippen LogP contribution in [0.25, 0.3) is 0 Å². The van der Waals surface area contributed by atoms with E-state index in [9.17, 15) is 9.18 Å². The Hall–Kier alpha value is -0.940. The molecule has 1 saturated carbocycles. The van der Waals surface area contributed by atoms with Crippen molar-refractivity contribution < 1.29 is 9.18 Å². The van der Waals surface area contributed by atoms with Crippen LogP contribution in [0.3, 0.4) is 0 Å². The van der Waals surface area contributed by atoms with E-state index in [2.05, 4.69) is 21.2 Å². The van der Waals surface area contributed by atoms with Crippen LogP contribution in [0, 0.1) is 5.82 Å². The first-order chi connectivity index (χ1) is 8.48. The summed E-state index contributed by atoms with van der Waals surface area (Å²) in [6.45, 7) is 0.313. The lowest BCUT2D eigenvalue weighted by atomic mass is 9.75. The highest BCUT2D eigenvalue weighted by Gasteiger charge is 2.34. The van der Waals surface area contributed by atoms with Crippen molar-refractivity contribution >= 4 is 21.8 Å². The Labute approximate surface area is 114 Å². The minimum absolute atomic E-state index is 0.0756. The summed E-state index contributed by atoms with van der Waals surface area (Å²) >= 11 is 3.32. The number of nitrogens with one attached hydrogen (secondary N) is 1. The van der Waals surface area contributed by atoms with Crippen molar-refractivity contribution in [2.24, 2.45) is 5.73 Å². The molecule has 0 spiro atoms. The first kappa shape index (κ1) is 13.5. The first-order valence-corrected chi connectivity index (χ1v) is 6.77. The predicted octanol–water partition coefficient (Wildman–Crippen LogP) is 2.48. The fourth-order valence-electron chi connectivity index (χ4n) is 2.06.